The van der Waals surface area contributed by atoms with E-state index >= 15 is 0 Å². The minimum atomic E-state index is -2.23. The maximum Gasteiger partial charge on any atom is 0.313 e. The van der Waals surface area contributed by atoms with Crippen molar-refractivity contribution in [1.29, 1.82) is 0 Å². The predicted molar refractivity (Wildman–Crippen MR) is 241 cm³/mol. The number of hydrogen-bond donors (Lipinski definition) is 5. The maximum atomic E-state index is 13.6. The van der Waals surface area contributed by atoms with Gasteiger partial charge in [-0.1, -0.05) is 0 Å². The molecule has 1 aliphatic rings. The highest BCUT2D eigenvalue weighted by Crippen LogP contribution is 2.44. The number of carbonyl (C=O) groups excluding carboxylic acids is 1. The van der Waals surface area contributed by atoms with E-state index in [1.807, 2.05) is 0 Å². The van der Waals surface area contributed by atoms with E-state index in [0.717, 1.165) is 0 Å². The first-order valence-corrected chi connectivity index (χ1v) is 24.5. The summed E-state index contributed by atoms with van der Waals surface area (Å²) in [7, 11) is -4.17. The second-order valence-electron chi connectivity index (χ2n) is 14.0. The molecule has 3 atom stereocenters. The zero-order chi connectivity index (χ0) is 48.8. The van der Waals surface area contributed by atoms with E-state index in [4.69, 9.17) is 74.4 Å². The zero-order valence-electron chi connectivity index (χ0n) is 37.1. The van der Waals surface area contributed by atoms with Gasteiger partial charge in [0, 0.05) is 24.9 Å². The van der Waals surface area contributed by atoms with Gasteiger partial charge in [0.15, 0.2) is 40.3 Å². The van der Waals surface area contributed by atoms with Gasteiger partial charge in [-0.25, -0.2) is 17.9 Å². The summed E-state index contributed by atoms with van der Waals surface area (Å²) in [5, 5.41) is 12.0. The van der Waals surface area contributed by atoms with Crippen molar-refractivity contribution in [3.8, 4) is 5.75 Å². The molecule has 23 nitrogen and oxygen atoms in total. The molecule has 1 fully saturated rings. The lowest BCUT2D eigenvalue weighted by atomic mass is 10.2. The van der Waals surface area contributed by atoms with Crippen LogP contribution >= 0.6 is 28.4 Å². The molecule has 382 valence electrons. The van der Waals surface area contributed by atoms with E-state index in [2.05, 4.69) is 35.2 Å². The van der Waals surface area contributed by atoms with Crippen LogP contribution in [0.15, 0.2) is 28.4 Å². The Bertz CT molecular complexity index is 1950. The van der Waals surface area contributed by atoms with E-state index < -0.39 is 52.1 Å². The molecule has 0 bridgehead atoms. The molecule has 68 heavy (non-hydrogen) atoms. The molecule has 0 amide bonds. The van der Waals surface area contributed by atoms with Crippen LogP contribution in [0.4, 0.5) is 19.0 Å². The van der Waals surface area contributed by atoms with Gasteiger partial charge in [0.05, 0.1) is 149 Å². The van der Waals surface area contributed by atoms with E-state index in [-0.39, 0.29) is 56.7 Å². The number of halogens is 4. The predicted octanol–water partition coefficient (Wildman–Crippen LogP) is 3.08. The van der Waals surface area contributed by atoms with E-state index in [1.54, 1.807) is 10.9 Å². The van der Waals surface area contributed by atoms with Crippen LogP contribution in [0.3, 0.4) is 0 Å². The fourth-order valence-electron chi connectivity index (χ4n) is 5.73. The first-order chi connectivity index (χ1) is 33.0. The van der Waals surface area contributed by atoms with E-state index in [1.165, 1.54) is 6.21 Å². The Kier molecular flexibility index (Phi) is 28.6. The lowest BCUT2D eigenvalue weighted by molar-refractivity contribution is -0.136. The van der Waals surface area contributed by atoms with Crippen LogP contribution in [-0.2, 0) is 52.0 Å². The number of hydrazone groups is 1. The molecule has 1 aliphatic heterocycles. The highest BCUT2D eigenvalue weighted by molar-refractivity contribution is 7.63. The number of aromatic nitrogens is 4. The highest BCUT2D eigenvalue weighted by Gasteiger charge is 2.30. The number of nitrogens with one attached hydrogen (secondary N) is 1. The number of benzene rings is 1. The molecule has 3 aromatic rings. The molecule has 1 saturated heterocycles. The highest BCUT2D eigenvalue weighted by atomic mass is 35.5. The summed E-state index contributed by atoms with van der Waals surface area (Å²) in [6, 6.07) is 0.832. The van der Waals surface area contributed by atoms with Crippen molar-refractivity contribution in [2.45, 2.75) is 31.6 Å². The number of anilines is 1. The summed E-state index contributed by atoms with van der Waals surface area (Å²) >= 11 is 6.23. The van der Waals surface area contributed by atoms with Gasteiger partial charge >= 0.3 is 5.97 Å². The summed E-state index contributed by atoms with van der Waals surface area (Å²) in [5.41, 5.74) is 0.950. The minimum absolute atomic E-state index is 0.0381. The first-order valence-electron chi connectivity index (χ1n) is 21.3. The second kappa shape index (κ2) is 34.0. The van der Waals surface area contributed by atoms with Gasteiger partial charge in [0.2, 0.25) is 11.0 Å². The van der Waals surface area contributed by atoms with Crippen LogP contribution in [0.1, 0.15) is 25.5 Å². The third kappa shape index (κ3) is 23.0. The number of hydrogen-bond acceptors (Lipinski definition) is 22. The molecule has 2 aromatic heterocycles. The van der Waals surface area contributed by atoms with Crippen LogP contribution in [-0.4, -0.2) is 190 Å². The average Bonchev–Trinajstić information content (AvgIpc) is 3.95. The molecule has 3 heterocycles. The Morgan fingerprint density at radius 3 is 2.06 bits per heavy atom. The van der Waals surface area contributed by atoms with E-state index in [9.17, 15) is 22.9 Å². The van der Waals surface area contributed by atoms with Gasteiger partial charge in [-0.3, -0.25) is 9.79 Å². The smallest absolute Gasteiger partial charge is 0.313 e. The lowest BCUT2D eigenvalue weighted by Crippen LogP contribution is -2.17. The Hall–Kier alpha value is -3.40. The van der Waals surface area contributed by atoms with Crippen molar-refractivity contribution in [3.63, 3.8) is 0 Å². The molecule has 6 N–H and O–H groups in total. The quantitative estimate of drug-likeness (QED) is 0.00806. The van der Waals surface area contributed by atoms with Crippen molar-refractivity contribution in [1.82, 2.24) is 19.7 Å². The lowest BCUT2D eigenvalue weighted by Gasteiger charge is -2.17. The van der Waals surface area contributed by atoms with E-state index in [0.29, 0.717) is 140 Å². The van der Waals surface area contributed by atoms with Crippen LogP contribution in [0.2, 0.25) is 5.28 Å². The topological polar surface area (TPSA) is 286 Å². The zero-order valence-corrected chi connectivity index (χ0v) is 39.7. The molecule has 3 unspecified atom stereocenters. The SMILES string of the molecule is N/N=C(\C=NCCOCCOCCOCCOCCC(=O)Oc1c(F)cc(F)cc1F)COCCOCCOCCOCCNc1nc(Cl)nc2c1cnn2C1CCC(COP(O)CP(O)O)O1. The number of esters is 1. The fraction of sp³-hybridized carbons (Fsp3) is 0.641. The van der Waals surface area contributed by atoms with Crippen molar-refractivity contribution < 1.29 is 84.5 Å². The molecular weight excluding hydrogens is 975 g/mol. The standard InChI is InChI=1S/C39H58ClF3N8O15P2/c40-39-48-37(31-24-47-51(38(31)49-39)34-2-1-30(65-34)26-64-68(55)27-67(53)54)46-5-8-58-11-14-61-17-18-62-19-20-63-25-29(50-44)23-45-4-7-57-10-13-60-16-15-59-12-9-56-6-3-35(52)66-36-32(42)21-28(41)22-33(36)43/h21-24,30,34,53-55H,1-20,25-27,44H2,(H,46,48,49)/b45-23?,50-29+. The van der Waals surface area contributed by atoms with Crippen molar-refractivity contribution in [3.05, 3.63) is 41.1 Å². The largest absolute Gasteiger partial charge is 0.420 e. The Morgan fingerprint density at radius 1 is 0.853 bits per heavy atom. The number of fused-ring (bicyclic) bond motifs is 1. The number of nitrogens with zero attached hydrogens (tertiary/aromatic N) is 6. The molecule has 29 heteroatoms. The number of aliphatic imine (C=N–C) groups is 1. The summed E-state index contributed by atoms with van der Waals surface area (Å²) in [6.45, 7) is 5.71. The number of nitrogens with two attached hydrogens (primary N) is 1. The van der Waals surface area contributed by atoms with Crippen LogP contribution < -0.4 is 15.9 Å². The molecule has 1 aromatic carbocycles. The number of rotatable bonds is 38. The molecule has 0 spiro atoms. The van der Waals surface area contributed by atoms with Gasteiger partial charge in [-0.2, -0.15) is 20.2 Å². The van der Waals surface area contributed by atoms with Crippen LogP contribution in [0.25, 0.3) is 11.0 Å². The summed E-state index contributed by atoms with van der Waals surface area (Å²) < 4.78 is 101. The Labute approximate surface area is 397 Å². The maximum absolute atomic E-state index is 13.6. The summed E-state index contributed by atoms with van der Waals surface area (Å²) in [5.74, 6) is 0.104. The Balaban J connectivity index is 0.888. The number of ether oxygens (including phenoxy) is 10. The van der Waals surface area contributed by atoms with Gasteiger partial charge < -0.3 is 77.7 Å². The summed E-state index contributed by atoms with van der Waals surface area (Å²) in [4.78, 5) is 52.5. The average molecular weight is 1030 g/mol. The molecule has 4 rings (SSSR count). The Morgan fingerprint density at radius 2 is 1.44 bits per heavy atom. The second-order valence-corrected chi connectivity index (χ2v) is 17.1. The number of carbonyl (C=O) groups is 1. The monoisotopic (exact) mass is 1030 g/mol. The van der Waals surface area contributed by atoms with Gasteiger partial charge in [-0.15, -0.1) is 0 Å². The normalized spacial score (nSPS) is 15.9. The van der Waals surface area contributed by atoms with Gasteiger partial charge in [-0.05, 0) is 24.4 Å². The third-order valence-corrected chi connectivity index (χ3v) is 11.5. The minimum Gasteiger partial charge on any atom is -0.420 e. The van der Waals surface area contributed by atoms with Gasteiger partial charge in [0.1, 0.15) is 17.3 Å². The van der Waals surface area contributed by atoms with Crippen LogP contribution in [0.5, 0.6) is 5.75 Å². The van der Waals surface area contributed by atoms with Crippen LogP contribution in [0, 0.1) is 17.5 Å². The third-order valence-electron chi connectivity index (χ3n) is 8.86. The van der Waals surface area contributed by atoms with Crippen molar-refractivity contribution in [2.24, 2.45) is 15.9 Å². The molecule has 0 saturated carbocycles. The summed E-state index contributed by atoms with van der Waals surface area (Å²) in [6.07, 6.45) is 3.45. The molecular formula is C39H58ClF3N8O15P2. The fourth-order valence-corrected chi connectivity index (χ4v) is 7.43. The molecule has 0 radical (unpaired) electrons. The first kappa shape index (κ1) is 57.2. The van der Waals surface area contributed by atoms with Crippen molar-refractivity contribution in [2.75, 3.05) is 137 Å². The van der Waals surface area contributed by atoms with Gasteiger partial charge in [0.25, 0.3) is 0 Å². The molecule has 0 aliphatic carbocycles. The van der Waals surface area contributed by atoms with Crippen molar-refractivity contribution >= 4 is 63.1 Å².